The zero-order chi connectivity index (χ0) is 16.9. The lowest BCUT2D eigenvalue weighted by Crippen LogP contribution is -2.24. The van der Waals surface area contributed by atoms with Crippen LogP contribution in [0.25, 0.3) is 11.0 Å². The molecule has 6 nitrogen and oxygen atoms in total. The monoisotopic (exact) mass is 323 g/mol. The summed E-state index contributed by atoms with van der Waals surface area (Å²) in [5.74, 6) is 0.344. The minimum Gasteiger partial charge on any atom is -0.370 e. The molecule has 0 saturated heterocycles. The number of nitrogens with one attached hydrogen (secondary N) is 2. The van der Waals surface area contributed by atoms with Gasteiger partial charge in [0.1, 0.15) is 0 Å². The molecular weight excluding hydrogens is 302 g/mol. The quantitative estimate of drug-likeness (QED) is 0.497. The van der Waals surface area contributed by atoms with Crippen molar-refractivity contribution in [3.63, 3.8) is 0 Å². The highest BCUT2D eigenvalue weighted by atomic mass is 16.1. The van der Waals surface area contributed by atoms with E-state index in [4.69, 9.17) is 5.73 Å². The van der Waals surface area contributed by atoms with Crippen molar-refractivity contribution in [2.45, 2.75) is 19.9 Å². The number of nitrogens with two attached hydrogens (primary N) is 1. The van der Waals surface area contributed by atoms with E-state index in [-0.39, 0.29) is 5.69 Å². The summed E-state index contributed by atoms with van der Waals surface area (Å²) in [6, 6.07) is 15.7. The Labute approximate surface area is 140 Å². The summed E-state index contributed by atoms with van der Waals surface area (Å²) < 4.78 is 1.67. The predicted octanol–water partition coefficient (Wildman–Crippen LogP) is 2.32. The van der Waals surface area contributed by atoms with Crippen LogP contribution in [0.15, 0.2) is 58.3 Å². The molecule has 1 aromatic heterocycles. The maximum absolute atomic E-state index is 12.0. The van der Waals surface area contributed by atoms with Crippen molar-refractivity contribution < 1.29 is 0 Å². The minimum absolute atomic E-state index is 0.131. The van der Waals surface area contributed by atoms with Crippen LogP contribution in [0.5, 0.6) is 0 Å². The van der Waals surface area contributed by atoms with Gasteiger partial charge in [-0.3, -0.25) is 9.56 Å². The average molecular weight is 323 g/mol. The maximum atomic E-state index is 12.0. The molecule has 0 unspecified atom stereocenters. The summed E-state index contributed by atoms with van der Waals surface area (Å²) in [5, 5.41) is 3.08. The Morgan fingerprint density at radius 2 is 2.08 bits per heavy atom. The van der Waals surface area contributed by atoms with E-state index in [0.717, 1.165) is 23.1 Å². The van der Waals surface area contributed by atoms with Gasteiger partial charge in [-0.15, -0.1) is 0 Å². The molecule has 6 heteroatoms. The number of aryl methyl sites for hydroxylation is 1. The molecule has 0 fully saturated rings. The number of para-hydroxylation sites is 2. The summed E-state index contributed by atoms with van der Waals surface area (Å²) in [4.78, 5) is 19.1. The molecule has 3 rings (SSSR count). The lowest BCUT2D eigenvalue weighted by Gasteiger charge is -2.07. The topological polar surface area (TPSA) is 88.2 Å². The maximum Gasteiger partial charge on any atom is 0.326 e. The van der Waals surface area contributed by atoms with Crippen LogP contribution < -0.4 is 16.7 Å². The van der Waals surface area contributed by atoms with E-state index in [0.29, 0.717) is 19.0 Å². The van der Waals surface area contributed by atoms with E-state index in [1.54, 1.807) is 4.57 Å². The molecular formula is C18H21N5O. The van der Waals surface area contributed by atoms with E-state index < -0.39 is 0 Å². The third-order valence-corrected chi connectivity index (χ3v) is 3.89. The molecule has 1 heterocycles. The van der Waals surface area contributed by atoms with Crippen LogP contribution in [-0.2, 0) is 13.0 Å². The number of fused-ring (bicyclic) bond motifs is 1. The first-order chi connectivity index (χ1) is 11.7. The first-order valence-corrected chi connectivity index (χ1v) is 8.01. The summed E-state index contributed by atoms with van der Waals surface area (Å²) in [7, 11) is 0. The predicted molar refractivity (Wildman–Crippen MR) is 98.5 cm³/mol. The number of aromatic amines is 1. The third kappa shape index (κ3) is 3.48. The summed E-state index contributed by atoms with van der Waals surface area (Å²) in [6.45, 7) is 3.00. The fourth-order valence-corrected chi connectivity index (χ4v) is 2.66. The molecule has 0 atom stereocenters. The number of nitrogens with zero attached hydrogens (tertiary/aromatic N) is 2. The number of hydrogen-bond donors (Lipinski definition) is 3. The number of guanidine groups is 1. The Hall–Kier alpha value is -3.02. The van der Waals surface area contributed by atoms with Crippen LogP contribution in [0.3, 0.4) is 0 Å². The van der Waals surface area contributed by atoms with Crippen molar-refractivity contribution in [2.75, 3.05) is 11.9 Å². The molecule has 3 aromatic rings. The van der Waals surface area contributed by atoms with E-state index in [1.165, 1.54) is 5.56 Å². The van der Waals surface area contributed by atoms with Gasteiger partial charge in [-0.05, 0) is 36.2 Å². The molecule has 0 amide bonds. The average Bonchev–Trinajstić information content (AvgIpc) is 2.91. The van der Waals surface area contributed by atoms with Gasteiger partial charge in [0, 0.05) is 12.2 Å². The lowest BCUT2D eigenvalue weighted by atomic mass is 10.1. The van der Waals surface area contributed by atoms with Gasteiger partial charge < -0.3 is 16.0 Å². The summed E-state index contributed by atoms with van der Waals surface area (Å²) in [5.41, 5.74) is 9.65. The number of H-pyrrole nitrogens is 1. The van der Waals surface area contributed by atoms with Crippen molar-refractivity contribution >= 4 is 22.7 Å². The van der Waals surface area contributed by atoms with Crippen LogP contribution in [0.1, 0.15) is 12.5 Å². The molecule has 0 radical (unpaired) electrons. The van der Waals surface area contributed by atoms with E-state index in [1.807, 2.05) is 42.5 Å². The van der Waals surface area contributed by atoms with Crippen molar-refractivity contribution in [3.05, 3.63) is 64.6 Å². The molecule has 124 valence electrons. The molecule has 0 aliphatic carbocycles. The van der Waals surface area contributed by atoms with Crippen LogP contribution in [0.4, 0.5) is 5.69 Å². The molecule has 0 saturated carbocycles. The van der Waals surface area contributed by atoms with E-state index in [9.17, 15) is 4.79 Å². The van der Waals surface area contributed by atoms with Gasteiger partial charge in [-0.2, -0.15) is 0 Å². The third-order valence-electron chi connectivity index (χ3n) is 3.89. The van der Waals surface area contributed by atoms with Gasteiger partial charge in [0.2, 0.25) is 0 Å². The van der Waals surface area contributed by atoms with Crippen LogP contribution >= 0.6 is 0 Å². The fraction of sp³-hybridized carbons (Fsp3) is 0.222. The second-order valence-electron chi connectivity index (χ2n) is 5.54. The fourth-order valence-electron chi connectivity index (χ4n) is 2.66. The van der Waals surface area contributed by atoms with E-state index >= 15 is 0 Å². The van der Waals surface area contributed by atoms with Gasteiger partial charge in [0.25, 0.3) is 0 Å². The lowest BCUT2D eigenvalue weighted by molar-refractivity contribution is 0.703. The molecule has 0 aliphatic rings. The standard InChI is InChI=1S/C18H21N5O/c1-2-13-6-5-7-14(12-13)21-17(19)20-10-11-23-16-9-4-3-8-15(16)22-18(23)24/h3-9,12H,2,10-11H2,1H3,(H,22,24)(H3,19,20,21). The molecule has 0 spiro atoms. The van der Waals surface area contributed by atoms with Crippen molar-refractivity contribution in [1.29, 1.82) is 0 Å². The van der Waals surface area contributed by atoms with Gasteiger partial charge in [0.05, 0.1) is 17.6 Å². The van der Waals surface area contributed by atoms with Crippen LogP contribution in [0, 0.1) is 0 Å². The number of hydrogen-bond acceptors (Lipinski definition) is 2. The van der Waals surface area contributed by atoms with Crippen molar-refractivity contribution in [2.24, 2.45) is 10.7 Å². The number of rotatable bonds is 5. The largest absolute Gasteiger partial charge is 0.370 e. The van der Waals surface area contributed by atoms with Crippen LogP contribution in [0.2, 0.25) is 0 Å². The molecule has 2 aromatic carbocycles. The Morgan fingerprint density at radius 3 is 2.92 bits per heavy atom. The van der Waals surface area contributed by atoms with Crippen LogP contribution in [-0.4, -0.2) is 22.1 Å². The Kier molecular flexibility index (Phi) is 4.65. The second-order valence-corrected chi connectivity index (χ2v) is 5.54. The SMILES string of the molecule is CCc1cccc(NC(N)=NCCn2c(=O)[nH]c3ccccc32)c1. The Balaban J connectivity index is 1.66. The summed E-state index contributed by atoms with van der Waals surface area (Å²) >= 11 is 0. The van der Waals surface area contributed by atoms with E-state index in [2.05, 4.69) is 28.3 Å². The first kappa shape index (κ1) is 15.9. The zero-order valence-electron chi connectivity index (χ0n) is 13.6. The number of imidazole rings is 1. The highest BCUT2D eigenvalue weighted by Crippen LogP contribution is 2.11. The van der Waals surface area contributed by atoms with Crippen molar-refractivity contribution in [1.82, 2.24) is 9.55 Å². The number of aromatic nitrogens is 2. The number of aliphatic imine (C=N–C) groups is 1. The molecule has 4 N–H and O–H groups in total. The Morgan fingerprint density at radius 1 is 1.25 bits per heavy atom. The van der Waals surface area contributed by atoms with Crippen molar-refractivity contribution in [3.8, 4) is 0 Å². The molecule has 24 heavy (non-hydrogen) atoms. The highest BCUT2D eigenvalue weighted by molar-refractivity contribution is 5.92. The second kappa shape index (κ2) is 7.04. The number of benzene rings is 2. The number of anilines is 1. The minimum atomic E-state index is -0.131. The summed E-state index contributed by atoms with van der Waals surface area (Å²) in [6.07, 6.45) is 0.968. The Bertz CT molecular complexity index is 922. The normalized spacial score (nSPS) is 11.8. The van der Waals surface area contributed by atoms with Gasteiger partial charge >= 0.3 is 5.69 Å². The van der Waals surface area contributed by atoms with Gasteiger partial charge in [0.15, 0.2) is 5.96 Å². The van der Waals surface area contributed by atoms with Gasteiger partial charge in [-0.1, -0.05) is 31.2 Å². The molecule has 0 bridgehead atoms. The zero-order valence-corrected chi connectivity index (χ0v) is 13.6. The highest BCUT2D eigenvalue weighted by Gasteiger charge is 2.05. The smallest absolute Gasteiger partial charge is 0.326 e. The molecule has 0 aliphatic heterocycles. The van der Waals surface area contributed by atoms with Gasteiger partial charge in [-0.25, -0.2) is 4.79 Å². The first-order valence-electron chi connectivity index (χ1n) is 8.01.